The van der Waals surface area contributed by atoms with Gasteiger partial charge < -0.3 is 9.30 Å². The number of nitrogens with zero attached hydrogens (tertiary/aromatic N) is 3. The molecule has 5 nitrogen and oxygen atoms in total. The van der Waals surface area contributed by atoms with Gasteiger partial charge in [-0.2, -0.15) is 13.2 Å². The highest BCUT2D eigenvalue weighted by atomic mass is 19.4. The monoisotopic (exact) mass is 301 g/mol. The van der Waals surface area contributed by atoms with Gasteiger partial charge in [0, 0.05) is 11.6 Å². The normalized spacial score (nSPS) is 12.7. The number of carbonyl (C=O) groups is 1. The molecule has 0 unspecified atom stereocenters. The number of alkyl halides is 3. The highest BCUT2D eigenvalue weighted by molar-refractivity contribution is 5.81. The molecule has 0 bridgehead atoms. The third-order valence-corrected chi connectivity index (χ3v) is 2.54. The van der Waals surface area contributed by atoms with Gasteiger partial charge in [-0.3, -0.25) is 4.79 Å². The molecule has 0 aliphatic rings. The van der Waals surface area contributed by atoms with Gasteiger partial charge in [0.1, 0.15) is 24.1 Å². The number of aromatic nitrogens is 3. The lowest BCUT2D eigenvalue weighted by Gasteiger charge is -2.19. The number of ether oxygens (including phenoxy) is 1. The van der Waals surface area contributed by atoms with E-state index in [9.17, 15) is 18.0 Å². The van der Waals surface area contributed by atoms with E-state index >= 15 is 0 Å². The summed E-state index contributed by atoms with van der Waals surface area (Å²) >= 11 is 0. The summed E-state index contributed by atoms with van der Waals surface area (Å²) in [7, 11) is 0. The first kappa shape index (κ1) is 15.3. The molecule has 0 spiro atoms. The summed E-state index contributed by atoms with van der Waals surface area (Å²) in [5.41, 5.74) is -1.63. The molecule has 0 aliphatic heterocycles. The zero-order valence-electron chi connectivity index (χ0n) is 11.7. The molecule has 0 amide bonds. The molecule has 0 radical (unpaired) electrons. The average Bonchev–Trinajstić information content (AvgIpc) is 2.68. The van der Waals surface area contributed by atoms with E-state index in [0.717, 1.165) is 6.33 Å². The Morgan fingerprint density at radius 3 is 2.52 bits per heavy atom. The van der Waals surface area contributed by atoms with Crippen LogP contribution < -0.4 is 0 Å². The van der Waals surface area contributed by atoms with Crippen molar-refractivity contribution in [3.8, 4) is 0 Å². The molecule has 2 aromatic heterocycles. The number of hydrogen-bond donors (Lipinski definition) is 0. The van der Waals surface area contributed by atoms with Gasteiger partial charge >= 0.3 is 12.1 Å². The maximum absolute atomic E-state index is 12.8. The fourth-order valence-electron chi connectivity index (χ4n) is 1.87. The molecule has 8 heteroatoms. The fourth-order valence-corrected chi connectivity index (χ4v) is 1.87. The first-order chi connectivity index (χ1) is 9.58. The maximum atomic E-state index is 12.8. The summed E-state index contributed by atoms with van der Waals surface area (Å²) < 4.78 is 44.9. The topological polar surface area (TPSA) is 57.0 Å². The van der Waals surface area contributed by atoms with Crippen LogP contribution in [0.5, 0.6) is 0 Å². The van der Waals surface area contributed by atoms with Crippen molar-refractivity contribution >= 4 is 17.0 Å². The van der Waals surface area contributed by atoms with Crippen molar-refractivity contribution < 1.29 is 22.7 Å². The molecule has 2 heterocycles. The molecule has 2 aromatic rings. The van der Waals surface area contributed by atoms with Gasteiger partial charge in [-0.25, -0.2) is 9.97 Å². The lowest BCUT2D eigenvalue weighted by Crippen LogP contribution is -2.26. The summed E-state index contributed by atoms with van der Waals surface area (Å²) in [6.45, 7) is 4.92. The van der Waals surface area contributed by atoms with Crippen molar-refractivity contribution in [1.29, 1.82) is 0 Å². The number of fused-ring (bicyclic) bond motifs is 1. The average molecular weight is 301 g/mol. The van der Waals surface area contributed by atoms with Gasteiger partial charge in [-0.15, -0.1) is 0 Å². The van der Waals surface area contributed by atoms with Crippen LogP contribution in [0.4, 0.5) is 13.2 Å². The molecule has 0 fully saturated rings. The number of carbonyl (C=O) groups excluding carboxylic acids is 1. The molecule has 0 aromatic carbocycles. The van der Waals surface area contributed by atoms with Crippen LogP contribution in [0, 0.1) is 0 Å². The summed E-state index contributed by atoms with van der Waals surface area (Å²) in [6.07, 6.45) is -2.38. The molecule has 114 valence electrons. The second-order valence-corrected chi connectivity index (χ2v) is 5.49. The van der Waals surface area contributed by atoms with Gasteiger partial charge in [-0.05, 0) is 26.8 Å². The van der Waals surface area contributed by atoms with E-state index in [1.54, 1.807) is 20.8 Å². The lowest BCUT2D eigenvalue weighted by atomic mass is 10.2. The standard InChI is InChI=1S/C13H14F3N3O2/c1-12(2,3)21-9(20)6-19-5-4-8-10(13(14,15)16)17-7-18-11(8)19/h4-5,7H,6H2,1-3H3. The zero-order valence-corrected chi connectivity index (χ0v) is 11.7. The predicted octanol–water partition coefficient (Wildman–Crippen LogP) is 2.79. The number of esters is 1. The van der Waals surface area contributed by atoms with E-state index in [0.29, 0.717) is 0 Å². The predicted molar refractivity (Wildman–Crippen MR) is 68.4 cm³/mol. The van der Waals surface area contributed by atoms with Gasteiger partial charge in [0.15, 0.2) is 5.69 Å². The second-order valence-electron chi connectivity index (χ2n) is 5.49. The van der Waals surface area contributed by atoms with Crippen LogP contribution in [0.25, 0.3) is 11.0 Å². The maximum Gasteiger partial charge on any atom is 0.434 e. The Morgan fingerprint density at radius 2 is 1.95 bits per heavy atom. The molecule has 0 saturated carbocycles. The fraction of sp³-hybridized carbons (Fsp3) is 0.462. The number of hydrogen-bond acceptors (Lipinski definition) is 4. The Kier molecular flexibility index (Phi) is 3.65. The van der Waals surface area contributed by atoms with Gasteiger partial charge in [0.2, 0.25) is 0 Å². The molecule has 2 rings (SSSR count). The highest BCUT2D eigenvalue weighted by Gasteiger charge is 2.35. The van der Waals surface area contributed by atoms with Crippen molar-refractivity contribution in [2.45, 2.75) is 39.1 Å². The van der Waals surface area contributed by atoms with Crippen molar-refractivity contribution in [3.05, 3.63) is 24.3 Å². The van der Waals surface area contributed by atoms with E-state index in [2.05, 4.69) is 9.97 Å². The molecular formula is C13H14F3N3O2. The van der Waals surface area contributed by atoms with Gasteiger partial charge in [0.05, 0.1) is 0 Å². The van der Waals surface area contributed by atoms with Crippen LogP contribution >= 0.6 is 0 Å². The van der Waals surface area contributed by atoms with E-state index in [4.69, 9.17) is 4.74 Å². The number of rotatable bonds is 2. The van der Waals surface area contributed by atoms with Crippen molar-refractivity contribution in [2.75, 3.05) is 0 Å². The minimum Gasteiger partial charge on any atom is -0.459 e. The van der Waals surface area contributed by atoms with Crippen LogP contribution in [0.15, 0.2) is 18.6 Å². The molecule has 0 aliphatic carbocycles. The summed E-state index contributed by atoms with van der Waals surface area (Å²) in [5, 5.41) is -0.145. The van der Waals surface area contributed by atoms with Crippen LogP contribution in [-0.4, -0.2) is 26.1 Å². The smallest absolute Gasteiger partial charge is 0.434 e. The molecule has 0 N–H and O–H groups in total. The number of halogens is 3. The SMILES string of the molecule is CC(C)(C)OC(=O)Cn1ccc2c(C(F)(F)F)ncnc21. The first-order valence-electron chi connectivity index (χ1n) is 6.17. The lowest BCUT2D eigenvalue weighted by molar-refractivity contribution is -0.155. The quantitative estimate of drug-likeness (QED) is 0.800. The molecule has 21 heavy (non-hydrogen) atoms. The first-order valence-corrected chi connectivity index (χ1v) is 6.17. The minimum atomic E-state index is -4.57. The summed E-state index contributed by atoms with van der Waals surface area (Å²) in [6, 6.07) is 1.24. The minimum absolute atomic E-state index is 0.0446. The Hall–Kier alpha value is -2.12. The Morgan fingerprint density at radius 1 is 1.29 bits per heavy atom. The largest absolute Gasteiger partial charge is 0.459 e. The summed E-state index contributed by atoms with van der Waals surface area (Å²) in [5.74, 6) is -0.549. The van der Waals surface area contributed by atoms with E-state index in [1.165, 1.54) is 16.8 Å². The second kappa shape index (κ2) is 5.01. The summed E-state index contributed by atoms with van der Waals surface area (Å²) in [4.78, 5) is 18.8. The van der Waals surface area contributed by atoms with Crippen LogP contribution in [0.3, 0.4) is 0 Å². The Bertz CT molecular complexity index is 671. The van der Waals surface area contributed by atoms with E-state index < -0.39 is 23.4 Å². The molecule has 0 atom stereocenters. The Balaban J connectivity index is 2.33. The zero-order chi connectivity index (χ0) is 15.8. The Labute approximate surface area is 118 Å². The van der Waals surface area contributed by atoms with Crippen molar-refractivity contribution in [1.82, 2.24) is 14.5 Å². The molecular weight excluding hydrogens is 287 g/mol. The van der Waals surface area contributed by atoms with Crippen LogP contribution in [0.1, 0.15) is 26.5 Å². The van der Waals surface area contributed by atoms with Crippen molar-refractivity contribution in [3.63, 3.8) is 0 Å². The third kappa shape index (κ3) is 3.50. The van der Waals surface area contributed by atoms with Gasteiger partial charge in [0.25, 0.3) is 0 Å². The highest BCUT2D eigenvalue weighted by Crippen LogP contribution is 2.32. The van der Waals surface area contributed by atoms with Crippen LogP contribution in [-0.2, 0) is 22.3 Å². The third-order valence-electron chi connectivity index (χ3n) is 2.54. The van der Waals surface area contributed by atoms with E-state index in [1.807, 2.05) is 0 Å². The van der Waals surface area contributed by atoms with Crippen LogP contribution in [0.2, 0.25) is 0 Å². The van der Waals surface area contributed by atoms with Gasteiger partial charge in [-0.1, -0.05) is 0 Å². The molecule has 0 saturated heterocycles. The van der Waals surface area contributed by atoms with E-state index in [-0.39, 0.29) is 17.6 Å². The van der Waals surface area contributed by atoms with Crippen molar-refractivity contribution in [2.24, 2.45) is 0 Å².